The highest BCUT2D eigenvalue weighted by atomic mass is 16.5. The standard InChI is InChI=1S/C20H23N5O2/c1-2-27-18-13-11-17(12-14-18)25-19(22-23-24-25)15-21-20(26)10-6-9-16-7-4-3-5-8-16/h3-5,7-8,11-14H,2,6,9-10,15H2,1H3,(H,21,26). The Morgan fingerprint density at radius 2 is 1.89 bits per heavy atom. The number of ether oxygens (including phenoxy) is 1. The van der Waals surface area contributed by atoms with Gasteiger partial charge in [-0.05, 0) is 60.0 Å². The molecule has 7 heteroatoms. The van der Waals surface area contributed by atoms with Gasteiger partial charge in [-0.3, -0.25) is 4.79 Å². The maximum absolute atomic E-state index is 12.1. The summed E-state index contributed by atoms with van der Waals surface area (Å²) in [6.45, 7) is 2.84. The number of carbonyl (C=O) groups excluding carboxylic acids is 1. The zero-order chi connectivity index (χ0) is 18.9. The molecule has 0 fully saturated rings. The van der Waals surface area contributed by atoms with E-state index in [-0.39, 0.29) is 12.5 Å². The van der Waals surface area contributed by atoms with Crippen LogP contribution in [0.3, 0.4) is 0 Å². The molecule has 0 saturated heterocycles. The second-order valence-corrected chi connectivity index (χ2v) is 6.05. The van der Waals surface area contributed by atoms with Crippen molar-refractivity contribution >= 4 is 5.91 Å². The maximum Gasteiger partial charge on any atom is 0.220 e. The average Bonchev–Trinajstić information content (AvgIpc) is 3.17. The van der Waals surface area contributed by atoms with Crippen molar-refractivity contribution in [2.45, 2.75) is 32.7 Å². The van der Waals surface area contributed by atoms with E-state index in [1.54, 1.807) is 4.68 Å². The van der Waals surface area contributed by atoms with Gasteiger partial charge < -0.3 is 10.1 Å². The summed E-state index contributed by atoms with van der Waals surface area (Å²) >= 11 is 0. The van der Waals surface area contributed by atoms with Crippen LogP contribution in [0.15, 0.2) is 54.6 Å². The van der Waals surface area contributed by atoms with Crippen LogP contribution in [0.2, 0.25) is 0 Å². The zero-order valence-electron chi connectivity index (χ0n) is 15.3. The fraction of sp³-hybridized carbons (Fsp3) is 0.300. The van der Waals surface area contributed by atoms with E-state index in [1.165, 1.54) is 5.56 Å². The number of rotatable bonds is 9. The predicted molar refractivity (Wildman–Crippen MR) is 102 cm³/mol. The van der Waals surface area contributed by atoms with E-state index in [4.69, 9.17) is 4.74 Å². The lowest BCUT2D eigenvalue weighted by molar-refractivity contribution is -0.121. The number of benzene rings is 2. The van der Waals surface area contributed by atoms with Gasteiger partial charge in [-0.2, -0.15) is 4.68 Å². The molecule has 0 spiro atoms. The number of aromatic nitrogens is 4. The molecule has 0 radical (unpaired) electrons. The first-order valence-corrected chi connectivity index (χ1v) is 9.07. The van der Waals surface area contributed by atoms with E-state index >= 15 is 0 Å². The highest BCUT2D eigenvalue weighted by Gasteiger charge is 2.10. The molecule has 0 aliphatic rings. The number of nitrogens with one attached hydrogen (secondary N) is 1. The molecule has 0 bridgehead atoms. The number of amides is 1. The monoisotopic (exact) mass is 365 g/mol. The quantitative estimate of drug-likeness (QED) is 0.630. The summed E-state index contributed by atoms with van der Waals surface area (Å²) in [6.07, 6.45) is 2.16. The van der Waals surface area contributed by atoms with E-state index in [2.05, 4.69) is 33.0 Å². The molecule has 27 heavy (non-hydrogen) atoms. The van der Waals surface area contributed by atoms with Gasteiger partial charge in [0.25, 0.3) is 0 Å². The van der Waals surface area contributed by atoms with Crippen molar-refractivity contribution < 1.29 is 9.53 Å². The van der Waals surface area contributed by atoms with Gasteiger partial charge in [-0.25, -0.2) is 0 Å². The van der Waals surface area contributed by atoms with Crippen LogP contribution >= 0.6 is 0 Å². The van der Waals surface area contributed by atoms with Crippen molar-refractivity contribution in [3.8, 4) is 11.4 Å². The van der Waals surface area contributed by atoms with Gasteiger partial charge in [0, 0.05) is 6.42 Å². The summed E-state index contributed by atoms with van der Waals surface area (Å²) in [5.74, 6) is 1.37. The van der Waals surface area contributed by atoms with Gasteiger partial charge >= 0.3 is 0 Å². The Bertz CT molecular complexity index is 846. The number of aryl methyl sites for hydroxylation is 1. The molecule has 3 rings (SSSR count). The van der Waals surface area contributed by atoms with Crippen LogP contribution in [0, 0.1) is 0 Å². The molecular formula is C20H23N5O2. The third-order valence-corrected chi connectivity index (χ3v) is 4.08. The minimum absolute atomic E-state index is 0.00725. The molecule has 0 saturated carbocycles. The van der Waals surface area contributed by atoms with Crippen molar-refractivity contribution in [1.82, 2.24) is 25.5 Å². The van der Waals surface area contributed by atoms with Crippen LogP contribution in [0.5, 0.6) is 5.75 Å². The number of hydrogen-bond acceptors (Lipinski definition) is 5. The topological polar surface area (TPSA) is 81.9 Å². The first-order chi connectivity index (χ1) is 13.3. The minimum atomic E-state index is -0.00725. The lowest BCUT2D eigenvalue weighted by atomic mass is 10.1. The largest absolute Gasteiger partial charge is 0.494 e. The second-order valence-electron chi connectivity index (χ2n) is 6.05. The summed E-state index contributed by atoms with van der Waals surface area (Å²) in [5.41, 5.74) is 2.06. The summed E-state index contributed by atoms with van der Waals surface area (Å²) in [6, 6.07) is 17.7. The van der Waals surface area contributed by atoms with Crippen LogP contribution in [-0.4, -0.2) is 32.7 Å². The molecule has 2 aromatic carbocycles. The molecule has 1 N–H and O–H groups in total. The van der Waals surface area contributed by atoms with Crippen LogP contribution in [0.25, 0.3) is 5.69 Å². The first-order valence-electron chi connectivity index (χ1n) is 9.07. The Morgan fingerprint density at radius 1 is 1.11 bits per heavy atom. The first kappa shape index (κ1) is 18.6. The van der Waals surface area contributed by atoms with Gasteiger partial charge in [0.2, 0.25) is 5.91 Å². The van der Waals surface area contributed by atoms with E-state index in [0.717, 1.165) is 24.3 Å². The molecule has 0 aliphatic carbocycles. The highest BCUT2D eigenvalue weighted by Crippen LogP contribution is 2.15. The Labute approximate surface area is 158 Å². The van der Waals surface area contributed by atoms with E-state index < -0.39 is 0 Å². The SMILES string of the molecule is CCOc1ccc(-n2nnnc2CNC(=O)CCCc2ccccc2)cc1. The summed E-state index contributed by atoms with van der Waals surface area (Å²) in [5, 5.41) is 14.6. The van der Waals surface area contributed by atoms with E-state index in [9.17, 15) is 4.79 Å². The number of hydrogen-bond donors (Lipinski definition) is 1. The molecule has 7 nitrogen and oxygen atoms in total. The third kappa shape index (κ3) is 5.37. The van der Waals surface area contributed by atoms with Gasteiger partial charge in [0.05, 0.1) is 18.8 Å². The lowest BCUT2D eigenvalue weighted by Gasteiger charge is -2.08. The van der Waals surface area contributed by atoms with Crippen molar-refractivity contribution in [3.05, 3.63) is 66.0 Å². The molecular weight excluding hydrogens is 342 g/mol. The van der Waals surface area contributed by atoms with Crippen LogP contribution in [-0.2, 0) is 17.8 Å². The fourth-order valence-corrected chi connectivity index (χ4v) is 2.73. The van der Waals surface area contributed by atoms with E-state index in [1.807, 2.05) is 49.4 Å². The van der Waals surface area contributed by atoms with Crippen molar-refractivity contribution in [2.24, 2.45) is 0 Å². The van der Waals surface area contributed by atoms with Crippen LogP contribution in [0.4, 0.5) is 0 Å². The fourth-order valence-electron chi connectivity index (χ4n) is 2.73. The molecule has 1 aromatic heterocycles. The molecule has 140 valence electrons. The van der Waals surface area contributed by atoms with Gasteiger partial charge in [-0.15, -0.1) is 5.10 Å². The molecule has 0 atom stereocenters. The van der Waals surface area contributed by atoms with Crippen LogP contribution < -0.4 is 10.1 Å². The van der Waals surface area contributed by atoms with Crippen LogP contribution in [0.1, 0.15) is 31.2 Å². The number of tetrazole rings is 1. The highest BCUT2D eigenvalue weighted by molar-refractivity contribution is 5.75. The van der Waals surface area contributed by atoms with Gasteiger partial charge in [0.1, 0.15) is 5.75 Å². The lowest BCUT2D eigenvalue weighted by Crippen LogP contribution is -2.24. The van der Waals surface area contributed by atoms with Crippen molar-refractivity contribution in [3.63, 3.8) is 0 Å². The normalized spacial score (nSPS) is 10.6. The Kier molecular flexibility index (Phi) is 6.51. The number of carbonyl (C=O) groups is 1. The van der Waals surface area contributed by atoms with Gasteiger partial charge in [0.15, 0.2) is 5.82 Å². The Morgan fingerprint density at radius 3 is 2.63 bits per heavy atom. The number of nitrogens with zero attached hydrogens (tertiary/aromatic N) is 4. The van der Waals surface area contributed by atoms with Gasteiger partial charge in [-0.1, -0.05) is 30.3 Å². The molecule has 0 unspecified atom stereocenters. The predicted octanol–water partition coefficient (Wildman–Crippen LogP) is 2.70. The third-order valence-electron chi connectivity index (χ3n) is 4.08. The molecule has 1 heterocycles. The molecule has 1 amide bonds. The summed E-state index contributed by atoms with van der Waals surface area (Å²) < 4.78 is 7.05. The second kappa shape index (κ2) is 9.47. The summed E-state index contributed by atoms with van der Waals surface area (Å²) in [4.78, 5) is 12.1. The molecule has 3 aromatic rings. The van der Waals surface area contributed by atoms with E-state index in [0.29, 0.717) is 18.9 Å². The Balaban J connectivity index is 1.50. The summed E-state index contributed by atoms with van der Waals surface area (Å²) in [7, 11) is 0. The minimum Gasteiger partial charge on any atom is -0.494 e. The zero-order valence-corrected chi connectivity index (χ0v) is 15.3. The molecule has 0 aliphatic heterocycles. The smallest absolute Gasteiger partial charge is 0.220 e. The van der Waals surface area contributed by atoms with Crippen molar-refractivity contribution in [1.29, 1.82) is 0 Å². The van der Waals surface area contributed by atoms with Crippen molar-refractivity contribution in [2.75, 3.05) is 6.61 Å². The average molecular weight is 365 g/mol. The Hall–Kier alpha value is -3.22. The maximum atomic E-state index is 12.1.